The van der Waals surface area contributed by atoms with Crippen molar-refractivity contribution in [1.82, 2.24) is 0 Å². The maximum absolute atomic E-state index is 12.4. The van der Waals surface area contributed by atoms with Gasteiger partial charge in [-0.25, -0.2) is 4.79 Å². The summed E-state index contributed by atoms with van der Waals surface area (Å²) in [4.78, 5) is 11.5. The lowest BCUT2D eigenvalue weighted by atomic mass is 9.45. The first-order valence-corrected chi connectivity index (χ1v) is 14.4. The van der Waals surface area contributed by atoms with Gasteiger partial charge in [-0.1, -0.05) is 25.5 Å². The van der Waals surface area contributed by atoms with Crippen LogP contribution in [0.1, 0.15) is 83.6 Å². The zero-order chi connectivity index (χ0) is 27.0. The average Bonchev–Trinajstić information content (AvgIpc) is 3.18. The fraction of sp³-hybridized carbons (Fsp3) is 0.767. The molecule has 1 saturated heterocycles. The number of hydrogen-bond donors (Lipinski definition) is 4. The van der Waals surface area contributed by atoms with Gasteiger partial charge in [0.05, 0.1) is 24.1 Å². The Morgan fingerprint density at radius 1 is 0.947 bits per heavy atom. The summed E-state index contributed by atoms with van der Waals surface area (Å²) >= 11 is 0. The van der Waals surface area contributed by atoms with E-state index in [2.05, 4.69) is 19.9 Å². The summed E-state index contributed by atoms with van der Waals surface area (Å²) in [5.41, 5.74) is 0.991. The monoisotopic (exact) mass is 530 g/mol. The van der Waals surface area contributed by atoms with Gasteiger partial charge in [0.1, 0.15) is 18.3 Å². The minimum atomic E-state index is -1.31. The molecule has 0 unspecified atom stereocenters. The minimum absolute atomic E-state index is 0.0213. The van der Waals surface area contributed by atoms with E-state index in [9.17, 15) is 25.2 Å². The Morgan fingerprint density at radius 3 is 2.47 bits per heavy atom. The van der Waals surface area contributed by atoms with Crippen molar-refractivity contribution < 1.29 is 34.3 Å². The number of ether oxygens (including phenoxy) is 2. The molecule has 4 aliphatic carbocycles. The third-order valence-electron chi connectivity index (χ3n) is 11.5. The summed E-state index contributed by atoms with van der Waals surface area (Å²) in [6.07, 6.45) is 5.32. The lowest BCUT2D eigenvalue weighted by molar-refractivity contribution is -0.301. The first-order chi connectivity index (χ1) is 18.0. The lowest BCUT2D eigenvalue weighted by Crippen LogP contribution is -2.60. The molecule has 4 N–H and O–H groups in total. The third-order valence-corrected chi connectivity index (χ3v) is 11.5. The summed E-state index contributed by atoms with van der Waals surface area (Å²) in [6.45, 7) is 6.26. The molecule has 38 heavy (non-hydrogen) atoms. The van der Waals surface area contributed by atoms with Gasteiger partial charge in [0.2, 0.25) is 0 Å². The Labute approximate surface area is 223 Å². The van der Waals surface area contributed by atoms with Crippen LogP contribution in [0.15, 0.2) is 39.3 Å². The van der Waals surface area contributed by atoms with Crippen molar-refractivity contribution in [2.75, 3.05) is 0 Å². The second-order valence-corrected chi connectivity index (χ2v) is 13.1. The number of hydrogen-bond acceptors (Lipinski definition) is 8. The molecule has 3 saturated carbocycles. The highest BCUT2D eigenvalue weighted by atomic mass is 16.7. The molecule has 0 radical (unpaired) electrons. The number of fused-ring (bicyclic) bond motifs is 5. The van der Waals surface area contributed by atoms with Crippen LogP contribution in [0, 0.1) is 22.7 Å². The highest BCUT2D eigenvalue weighted by Gasteiger charge is 2.66. The summed E-state index contributed by atoms with van der Waals surface area (Å²) in [5.74, 6) is 0.759. The molecule has 0 bridgehead atoms. The van der Waals surface area contributed by atoms with Gasteiger partial charge in [-0.3, -0.25) is 0 Å². The van der Waals surface area contributed by atoms with E-state index in [1.165, 1.54) is 11.6 Å². The molecule has 0 spiro atoms. The van der Waals surface area contributed by atoms with Gasteiger partial charge in [-0.2, -0.15) is 0 Å². The Bertz CT molecular complexity index is 1130. The van der Waals surface area contributed by atoms with Crippen molar-refractivity contribution in [3.05, 3.63) is 46.0 Å². The maximum atomic E-state index is 12.4. The van der Waals surface area contributed by atoms with Crippen LogP contribution in [0.2, 0.25) is 0 Å². The molecule has 210 valence electrons. The predicted octanol–water partition coefficient (Wildman–Crippen LogP) is 3.01. The maximum Gasteiger partial charge on any atom is 0.335 e. The zero-order valence-corrected chi connectivity index (χ0v) is 22.6. The van der Waals surface area contributed by atoms with Crippen LogP contribution >= 0.6 is 0 Å². The van der Waals surface area contributed by atoms with E-state index >= 15 is 0 Å². The van der Waals surface area contributed by atoms with Crippen molar-refractivity contribution in [2.24, 2.45) is 22.7 Å². The summed E-state index contributed by atoms with van der Waals surface area (Å²) < 4.78 is 17.0. The van der Waals surface area contributed by atoms with Crippen LogP contribution in [0.4, 0.5) is 0 Å². The SMILES string of the molecule is C[C@H]1O[C@@H](O[C@H]2C=C3CC[C@@H]4[C@H](CC[C@]5(C)[C@H](c6ccc(=O)oc6)CC[C@@]45O)[C@@]3(C)CC2)[C@@H](O)[C@@H](O)[C@H]1O. The van der Waals surface area contributed by atoms with Crippen LogP contribution in [0.3, 0.4) is 0 Å². The molecule has 1 aromatic heterocycles. The molecular formula is C30H42O8. The molecule has 0 amide bonds. The van der Waals surface area contributed by atoms with E-state index < -0.39 is 36.3 Å². The molecule has 2 heterocycles. The molecule has 5 aliphatic rings. The first kappa shape index (κ1) is 26.7. The number of aliphatic hydroxyl groups excluding tert-OH is 3. The van der Waals surface area contributed by atoms with Crippen LogP contribution < -0.4 is 5.63 Å². The Balaban J connectivity index is 1.21. The van der Waals surface area contributed by atoms with Crippen molar-refractivity contribution in [2.45, 2.75) is 120 Å². The fourth-order valence-corrected chi connectivity index (χ4v) is 9.17. The van der Waals surface area contributed by atoms with Gasteiger partial charge in [0.15, 0.2) is 6.29 Å². The summed E-state index contributed by atoms with van der Waals surface area (Å²) in [5, 5.41) is 43.0. The van der Waals surface area contributed by atoms with Gasteiger partial charge < -0.3 is 34.3 Å². The molecule has 4 fully saturated rings. The van der Waals surface area contributed by atoms with E-state index in [1.54, 1.807) is 13.2 Å². The summed E-state index contributed by atoms with van der Waals surface area (Å²) in [6, 6.07) is 3.36. The first-order valence-electron chi connectivity index (χ1n) is 14.4. The largest absolute Gasteiger partial charge is 0.431 e. The quantitative estimate of drug-likeness (QED) is 0.439. The zero-order valence-electron chi connectivity index (χ0n) is 22.6. The molecule has 8 nitrogen and oxygen atoms in total. The number of aliphatic hydroxyl groups is 4. The van der Waals surface area contributed by atoms with E-state index in [0.717, 1.165) is 56.9 Å². The average molecular weight is 531 g/mol. The topological polar surface area (TPSA) is 130 Å². The van der Waals surface area contributed by atoms with Gasteiger partial charge in [-0.05, 0) is 93.1 Å². The third kappa shape index (κ3) is 3.82. The molecule has 8 heteroatoms. The minimum Gasteiger partial charge on any atom is -0.431 e. The second-order valence-electron chi connectivity index (χ2n) is 13.1. The highest BCUT2D eigenvalue weighted by molar-refractivity contribution is 5.31. The smallest absolute Gasteiger partial charge is 0.335 e. The highest BCUT2D eigenvalue weighted by Crippen LogP contribution is 2.70. The van der Waals surface area contributed by atoms with Crippen molar-refractivity contribution in [3.8, 4) is 0 Å². The Kier molecular flexibility index (Phi) is 6.49. The Morgan fingerprint density at radius 2 is 1.74 bits per heavy atom. The molecule has 0 aromatic carbocycles. The normalized spacial score (nSPS) is 50.5. The second kappa shape index (κ2) is 9.25. The molecule has 12 atom stereocenters. The van der Waals surface area contributed by atoms with Crippen LogP contribution in [-0.2, 0) is 9.47 Å². The van der Waals surface area contributed by atoms with E-state index in [4.69, 9.17) is 13.9 Å². The van der Waals surface area contributed by atoms with Crippen LogP contribution in [0.25, 0.3) is 0 Å². The van der Waals surface area contributed by atoms with Gasteiger partial charge in [-0.15, -0.1) is 0 Å². The number of rotatable bonds is 3. The van der Waals surface area contributed by atoms with E-state index in [0.29, 0.717) is 5.92 Å². The standard InChI is InChI=1S/C30H42O8/c1-16-24(32)25(33)26(34)27(37-16)38-19-8-11-28(2)18(14-19)5-6-22-21(28)9-12-29(3)20(10-13-30(22,29)35)17-4-7-23(31)36-15-17/h4,7,14-16,19-22,24-27,32-35H,5-6,8-13H2,1-3H3/t16-,19-,20+,21+,22-,24+,25+,26+,27+,28+,29-,30-/m1/s1. The van der Waals surface area contributed by atoms with E-state index in [-0.39, 0.29) is 34.4 Å². The number of allylic oxidation sites excluding steroid dienone is 1. The molecule has 6 rings (SSSR count). The van der Waals surface area contributed by atoms with Crippen molar-refractivity contribution >= 4 is 0 Å². The van der Waals surface area contributed by atoms with Gasteiger partial charge in [0.25, 0.3) is 0 Å². The lowest BCUT2D eigenvalue weighted by Gasteiger charge is -2.62. The predicted molar refractivity (Wildman–Crippen MR) is 138 cm³/mol. The van der Waals surface area contributed by atoms with Crippen molar-refractivity contribution in [3.63, 3.8) is 0 Å². The van der Waals surface area contributed by atoms with Crippen LogP contribution in [0.5, 0.6) is 0 Å². The van der Waals surface area contributed by atoms with E-state index in [1.807, 2.05) is 6.07 Å². The Hall–Kier alpha value is -1.55. The molecule has 1 aromatic rings. The van der Waals surface area contributed by atoms with Gasteiger partial charge in [0, 0.05) is 11.5 Å². The summed E-state index contributed by atoms with van der Waals surface area (Å²) in [7, 11) is 0. The van der Waals surface area contributed by atoms with Crippen LogP contribution in [-0.4, -0.2) is 62.8 Å². The molecular weight excluding hydrogens is 488 g/mol. The van der Waals surface area contributed by atoms with Crippen molar-refractivity contribution in [1.29, 1.82) is 0 Å². The molecule has 1 aliphatic heterocycles. The van der Waals surface area contributed by atoms with Gasteiger partial charge >= 0.3 is 5.63 Å². The fourth-order valence-electron chi connectivity index (χ4n) is 9.17.